The molecule has 11 heteroatoms. The van der Waals surface area contributed by atoms with Crippen molar-refractivity contribution in [3.05, 3.63) is 92.4 Å². The molecule has 0 aliphatic heterocycles. The SMILES string of the molecule is CCCNC(=O)[C@H](C)N(Cc1c(Cl)cccc1Cl)C(=O)CN(c1cccc(Br)c1)S(=O)(=O)c1ccc(C)cc1. The first-order valence-electron chi connectivity index (χ1n) is 12.3. The Morgan fingerprint density at radius 3 is 2.21 bits per heavy atom. The highest BCUT2D eigenvalue weighted by Gasteiger charge is 2.33. The Morgan fingerprint density at radius 2 is 1.62 bits per heavy atom. The number of hydrogen-bond donors (Lipinski definition) is 1. The average molecular weight is 655 g/mol. The smallest absolute Gasteiger partial charge is 0.264 e. The molecule has 2 amide bonds. The van der Waals surface area contributed by atoms with E-state index in [-0.39, 0.29) is 23.0 Å². The van der Waals surface area contributed by atoms with Gasteiger partial charge in [-0.05, 0) is 62.7 Å². The Hall–Kier alpha value is -2.59. The molecular formula is C28H30BrCl2N3O4S. The second kappa shape index (κ2) is 13.7. The van der Waals surface area contributed by atoms with E-state index in [2.05, 4.69) is 21.2 Å². The molecule has 0 saturated heterocycles. The molecular weight excluding hydrogens is 625 g/mol. The lowest BCUT2D eigenvalue weighted by Gasteiger charge is -2.32. The summed E-state index contributed by atoms with van der Waals surface area (Å²) in [6, 6.07) is 17.1. The summed E-state index contributed by atoms with van der Waals surface area (Å²) in [6.07, 6.45) is 0.716. The van der Waals surface area contributed by atoms with E-state index in [1.54, 1.807) is 61.5 Å². The van der Waals surface area contributed by atoms with Crippen LogP contribution in [0.5, 0.6) is 0 Å². The number of nitrogens with one attached hydrogen (secondary N) is 1. The van der Waals surface area contributed by atoms with Crippen LogP contribution in [-0.2, 0) is 26.2 Å². The molecule has 1 N–H and O–H groups in total. The Bertz CT molecular complexity index is 1410. The summed E-state index contributed by atoms with van der Waals surface area (Å²) in [5.41, 5.74) is 1.64. The van der Waals surface area contributed by atoms with Crippen LogP contribution in [0.15, 0.2) is 76.1 Å². The van der Waals surface area contributed by atoms with Crippen molar-refractivity contribution in [1.29, 1.82) is 0 Å². The molecule has 0 radical (unpaired) electrons. The maximum absolute atomic E-state index is 13.9. The lowest BCUT2D eigenvalue weighted by molar-refractivity contribution is -0.139. The van der Waals surface area contributed by atoms with E-state index in [1.165, 1.54) is 17.0 Å². The molecule has 0 fully saturated rings. The van der Waals surface area contributed by atoms with E-state index in [4.69, 9.17) is 23.2 Å². The van der Waals surface area contributed by atoms with E-state index in [0.29, 0.717) is 33.0 Å². The molecule has 7 nitrogen and oxygen atoms in total. The van der Waals surface area contributed by atoms with E-state index in [9.17, 15) is 18.0 Å². The molecule has 3 aromatic rings. The molecule has 1 atom stereocenters. The molecule has 0 spiro atoms. The topological polar surface area (TPSA) is 86.8 Å². The minimum Gasteiger partial charge on any atom is -0.354 e. The second-order valence-electron chi connectivity index (χ2n) is 8.99. The van der Waals surface area contributed by atoms with Crippen molar-refractivity contribution in [2.75, 3.05) is 17.4 Å². The quantitative estimate of drug-likeness (QED) is 0.267. The third kappa shape index (κ3) is 7.75. The first-order chi connectivity index (χ1) is 18.4. The Kier molecular flexibility index (Phi) is 10.8. The highest BCUT2D eigenvalue weighted by molar-refractivity contribution is 9.10. The molecule has 39 heavy (non-hydrogen) atoms. The molecule has 0 aliphatic rings. The van der Waals surface area contributed by atoms with Gasteiger partial charge >= 0.3 is 0 Å². The van der Waals surface area contributed by atoms with Crippen molar-refractivity contribution in [3.63, 3.8) is 0 Å². The highest BCUT2D eigenvalue weighted by atomic mass is 79.9. The summed E-state index contributed by atoms with van der Waals surface area (Å²) >= 11 is 16.2. The lowest BCUT2D eigenvalue weighted by Crippen LogP contribution is -2.51. The number of carbonyl (C=O) groups is 2. The van der Waals surface area contributed by atoms with Gasteiger partial charge in [0.25, 0.3) is 10.0 Å². The summed E-state index contributed by atoms with van der Waals surface area (Å²) in [6.45, 7) is 5.16. The monoisotopic (exact) mass is 653 g/mol. The summed E-state index contributed by atoms with van der Waals surface area (Å²) in [7, 11) is -4.15. The van der Waals surface area contributed by atoms with Crippen LogP contribution in [-0.4, -0.2) is 44.3 Å². The number of aryl methyl sites for hydroxylation is 1. The fourth-order valence-corrected chi connectivity index (χ4v) is 6.14. The van der Waals surface area contributed by atoms with Gasteiger partial charge < -0.3 is 10.2 Å². The van der Waals surface area contributed by atoms with Gasteiger partial charge in [0.1, 0.15) is 12.6 Å². The summed E-state index contributed by atoms with van der Waals surface area (Å²) < 4.78 is 29.4. The lowest BCUT2D eigenvalue weighted by atomic mass is 10.1. The number of hydrogen-bond acceptors (Lipinski definition) is 4. The number of amides is 2. The summed E-state index contributed by atoms with van der Waals surface area (Å²) in [5, 5.41) is 3.46. The molecule has 0 aliphatic carbocycles. The third-order valence-electron chi connectivity index (χ3n) is 6.09. The molecule has 208 valence electrons. The van der Waals surface area contributed by atoms with Crippen LogP contribution in [0.4, 0.5) is 5.69 Å². The van der Waals surface area contributed by atoms with Gasteiger partial charge in [-0.1, -0.05) is 75.9 Å². The Balaban J connectivity index is 2.06. The first-order valence-corrected chi connectivity index (χ1v) is 15.3. The minimum atomic E-state index is -4.15. The maximum Gasteiger partial charge on any atom is 0.264 e. The van der Waals surface area contributed by atoms with Gasteiger partial charge in [-0.2, -0.15) is 0 Å². The Labute approximate surface area is 248 Å². The largest absolute Gasteiger partial charge is 0.354 e. The van der Waals surface area contributed by atoms with Crippen LogP contribution in [0.2, 0.25) is 10.0 Å². The van der Waals surface area contributed by atoms with Crippen LogP contribution in [0.3, 0.4) is 0 Å². The number of rotatable bonds is 11. The van der Waals surface area contributed by atoms with Gasteiger partial charge in [-0.3, -0.25) is 13.9 Å². The number of nitrogens with zero attached hydrogens (tertiary/aromatic N) is 2. The van der Waals surface area contributed by atoms with Gasteiger partial charge in [0.05, 0.1) is 10.6 Å². The first kappa shape index (κ1) is 30.9. The molecule has 3 rings (SSSR count). The van der Waals surface area contributed by atoms with Crippen molar-refractivity contribution in [1.82, 2.24) is 10.2 Å². The molecule has 0 bridgehead atoms. The standard InChI is InChI=1S/C28H30BrCl2N3O4S/c1-4-15-32-28(36)20(3)33(17-24-25(30)9-6-10-26(24)31)27(35)18-34(22-8-5-7-21(29)16-22)39(37,38)23-13-11-19(2)12-14-23/h5-14,16,20H,4,15,17-18H2,1-3H3,(H,32,36)/t20-/m0/s1. The number of carbonyl (C=O) groups excluding carboxylic acids is 2. The Morgan fingerprint density at radius 1 is 1.00 bits per heavy atom. The molecule has 0 heterocycles. The summed E-state index contributed by atoms with van der Waals surface area (Å²) in [4.78, 5) is 28.2. The van der Waals surface area contributed by atoms with Gasteiger partial charge in [0, 0.05) is 33.2 Å². The predicted octanol–water partition coefficient (Wildman–Crippen LogP) is 6.20. The van der Waals surface area contributed by atoms with E-state index in [1.807, 2.05) is 13.8 Å². The van der Waals surface area contributed by atoms with Crippen molar-refractivity contribution < 1.29 is 18.0 Å². The van der Waals surface area contributed by atoms with Gasteiger partial charge in [-0.15, -0.1) is 0 Å². The van der Waals surface area contributed by atoms with Crippen molar-refractivity contribution in [2.24, 2.45) is 0 Å². The van der Waals surface area contributed by atoms with Crippen molar-refractivity contribution in [2.45, 2.75) is 44.7 Å². The highest BCUT2D eigenvalue weighted by Crippen LogP contribution is 2.29. The molecule has 0 unspecified atom stereocenters. The molecule has 0 aromatic heterocycles. The zero-order valence-corrected chi connectivity index (χ0v) is 25.7. The van der Waals surface area contributed by atoms with Crippen molar-refractivity contribution >= 4 is 66.7 Å². The minimum absolute atomic E-state index is 0.0373. The van der Waals surface area contributed by atoms with Gasteiger partial charge in [0.15, 0.2) is 0 Å². The van der Waals surface area contributed by atoms with Crippen LogP contribution in [0.25, 0.3) is 0 Å². The van der Waals surface area contributed by atoms with E-state index >= 15 is 0 Å². The number of benzene rings is 3. The van der Waals surface area contributed by atoms with E-state index in [0.717, 1.165) is 9.87 Å². The molecule has 3 aromatic carbocycles. The van der Waals surface area contributed by atoms with E-state index < -0.39 is 28.5 Å². The zero-order chi connectivity index (χ0) is 28.7. The van der Waals surface area contributed by atoms with Crippen LogP contribution < -0.4 is 9.62 Å². The number of halogens is 3. The number of sulfonamides is 1. The zero-order valence-electron chi connectivity index (χ0n) is 21.8. The third-order valence-corrected chi connectivity index (χ3v) is 9.08. The fourth-order valence-electron chi connectivity index (χ4n) is 3.83. The normalized spacial score (nSPS) is 12.1. The van der Waals surface area contributed by atoms with Crippen LogP contribution in [0.1, 0.15) is 31.4 Å². The van der Waals surface area contributed by atoms with Gasteiger partial charge in [0.2, 0.25) is 11.8 Å². The number of anilines is 1. The maximum atomic E-state index is 13.9. The molecule has 0 saturated carbocycles. The van der Waals surface area contributed by atoms with Crippen LogP contribution >= 0.6 is 39.1 Å². The average Bonchev–Trinajstić information content (AvgIpc) is 2.89. The second-order valence-corrected chi connectivity index (χ2v) is 12.6. The predicted molar refractivity (Wildman–Crippen MR) is 160 cm³/mol. The summed E-state index contributed by atoms with van der Waals surface area (Å²) in [5.74, 6) is -0.968. The van der Waals surface area contributed by atoms with Gasteiger partial charge in [-0.25, -0.2) is 8.42 Å². The van der Waals surface area contributed by atoms with Crippen LogP contribution in [0, 0.1) is 6.92 Å². The fraction of sp³-hybridized carbons (Fsp3) is 0.286. The van der Waals surface area contributed by atoms with Crippen molar-refractivity contribution in [3.8, 4) is 0 Å².